The third-order valence-corrected chi connectivity index (χ3v) is 5.39. The molecule has 7 nitrogen and oxygen atoms in total. The molecule has 0 fully saturated rings. The van der Waals surface area contributed by atoms with E-state index in [0.29, 0.717) is 23.6 Å². The van der Waals surface area contributed by atoms with Crippen LogP contribution in [0.1, 0.15) is 48.6 Å². The van der Waals surface area contributed by atoms with Crippen LogP contribution in [0, 0.1) is 13.8 Å². The molecule has 0 radical (unpaired) electrons. The number of rotatable bonds is 8. The van der Waals surface area contributed by atoms with E-state index in [-0.39, 0.29) is 11.5 Å². The number of aryl methyl sites for hydroxylation is 1. The number of aromatic nitrogens is 5. The number of nitrogens with zero attached hydrogens (tertiary/aromatic N) is 5. The van der Waals surface area contributed by atoms with Crippen LogP contribution in [0.5, 0.6) is 5.75 Å². The molecule has 0 aliphatic rings. The van der Waals surface area contributed by atoms with Gasteiger partial charge in [-0.25, -0.2) is 0 Å². The van der Waals surface area contributed by atoms with Crippen molar-refractivity contribution in [2.45, 2.75) is 45.8 Å². The van der Waals surface area contributed by atoms with Crippen LogP contribution in [-0.2, 0) is 0 Å². The minimum atomic E-state index is 0.0673. The van der Waals surface area contributed by atoms with Gasteiger partial charge in [0.25, 0.3) is 0 Å². The first-order valence-corrected chi connectivity index (χ1v) is 10.3. The van der Waals surface area contributed by atoms with Gasteiger partial charge in [-0.3, -0.25) is 4.79 Å². The van der Waals surface area contributed by atoms with Gasteiger partial charge in [0, 0.05) is 23.0 Å². The van der Waals surface area contributed by atoms with E-state index in [4.69, 9.17) is 4.74 Å². The summed E-state index contributed by atoms with van der Waals surface area (Å²) in [6.45, 7) is 10.7. The zero-order chi connectivity index (χ0) is 20.3. The standard InChI is InChI=1S/C20H25N5O2S/c1-6-27-19-10-8-7-9-17(19)25-20(21-22-23-25)28-12-18(26)16-11-14(4)24(13(2)3)15(16)5/h7-11,13H,6,12H2,1-5H3. The lowest BCUT2D eigenvalue weighted by Gasteiger charge is -2.13. The van der Waals surface area contributed by atoms with Crippen LogP contribution in [0.4, 0.5) is 0 Å². The number of ketones is 1. The van der Waals surface area contributed by atoms with Gasteiger partial charge in [0.1, 0.15) is 11.4 Å². The molecule has 0 aliphatic heterocycles. The molecule has 0 N–H and O–H groups in total. The Labute approximate surface area is 169 Å². The fourth-order valence-electron chi connectivity index (χ4n) is 3.39. The molecule has 0 aliphatic carbocycles. The van der Waals surface area contributed by atoms with Crippen LogP contribution in [0.25, 0.3) is 5.69 Å². The minimum Gasteiger partial charge on any atom is -0.492 e. The highest BCUT2D eigenvalue weighted by Gasteiger charge is 2.19. The summed E-state index contributed by atoms with van der Waals surface area (Å²) < 4.78 is 9.46. The molecule has 148 valence electrons. The summed E-state index contributed by atoms with van der Waals surface area (Å²) in [5.74, 6) is 1.03. The first kappa shape index (κ1) is 20.1. The normalized spacial score (nSPS) is 11.2. The van der Waals surface area contributed by atoms with Crippen molar-refractivity contribution >= 4 is 17.5 Å². The zero-order valence-electron chi connectivity index (χ0n) is 16.8. The molecule has 0 saturated heterocycles. The highest BCUT2D eigenvalue weighted by atomic mass is 32.2. The van der Waals surface area contributed by atoms with E-state index in [1.54, 1.807) is 4.68 Å². The van der Waals surface area contributed by atoms with E-state index >= 15 is 0 Å². The smallest absolute Gasteiger partial charge is 0.214 e. The van der Waals surface area contributed by atoms with E-state index in [0.717, 1.165) is 22.6 Å². The average molecular weight is 400 g/mol. The molecule has 2 heterocycles. The summed E-state index contributed by atoms with van der Waals surface area (Å²) in [6.07, 6.45) is 0. The second kappa shape index (κ2) is 8.60. The lowest BCUT2D eigenvalue weighted by atomic mass is 10.2. The van der Waals surface area contributed by atoms with Crippen LogP contribution in [0.2, 0.25) is 0 Å². The maximum absolute atomic E-state index is 12.8. The number of hydrogen-bond acceptors (Lipinski definition) is 6. The van der Waals surface area contributed by atoms with E-state index in [1.807, 2.05) is 51.1 Å². The number of para-hydroxylation sites is 2. The second-order valence-electron chi connectivity index (χ2n) is 6.73. The summed E-state index contributed by atoms with van der Waals surface area (Å²) in [4.78, 5) is 12.8. The van der Waals surface area contributed by atoms with Crippen molar-refractivity contribution < 1.29 is 9.53 Å². The predicted octanol–water partition coefficient (Wildman–Crippen LogP) is 4.04. The van der Waals surface area contributed by atoms with Crippen LogP contribution in [0.3, 0.4) is 0 Å². The summed E-state index contributed by atoms with van der Waals surface area (Å²) >= 11 is 1.32. The maximum Gasteiger partial charge on any atom is 0.214 e. The van der Waals surface area contributed by atoms with Crippen LogP contribution >= 0.6 is 11.8 Å². The van der Waals surface area contributed by atoms with Gasteiger partial charge in [-0.15, -0.1) is 5.10 Å². The summed E-state index contributed by atoms with van der Waals surface area (Å²) in [7, 11) is 0. The van der Waals surface area contributed by atoms with Crippen molar-refractivity contribution in [3.63, 3.8) is 0 Å². The van der Waals surface area contributed by atoms with E-state index < -0.39 is 0 Å². The van der Waals surface area contributed by atoms with Gasteiger partial charge >= 0.3 is 0 Å². The Kier molecular flexibility index (Phi) is 6.18. The number of Topliss-reactive ketones (excluding diaryl/α,β-unsaturated/α-hetero) is 1. The Bertz CT molecular complexity index is 977. The molecule has 3 rings (SSSR count). The molecule has 1 aromatic carbocycles. The third-order valence-electron chi connectivity index (χ3n) is 4.47. The van der Waals surface area contributed by atoms with Gasteiger partial charge in [-0.1, -0.05) is 23.9 Å². The van der Waals surface area contributed by atoms with E-state index in [2.05, 4.69) is 33.9 Å². The molecule has 28 heavy (non-hydrogen) atoms. The fourth-order valence-corrected chi connectivity index (χ4v) is 4.16. The average Bonchev–Trinajstić information content (AvgIpc) is 3.24. The summed E-state index contributed by atoms with van der Waals surface area (Å²) in [5.41, 5.74) is 3.60. The topological polar surface area (TPSA) is 74.8 Å². The van der Waals surface area contributed by atoms with Crippen molar-refractivity contribution in [3.8, 4) is 11.4 Å². The van der Waals surface area contributed by atoms with Gasteiger partial charge in [0.15, 0.2) is 5.78 Å². The molecule has 2 aromatic heterocycles. The quantitative estimate of drug-likeness (QED) is 0.420. The van der Waals surface area contributed by atoms with Crippen molar-refractivity contribution in [2.24, 2.45) is 0 Å². The second-order valence-corrected chi connectivity index (χ2v) is 7.68. The predicted molar refractivity (Wildman–Crippen MR) is 110 cm³/mol. The van der Waals surface area contributed by atoms with Crippen LogP contribution in [-0.4, -0.2) is 42.9 Å². The third kappa shape index (κ3) is 3.96. The molecule has 3 aromatic rings. The molecule has 8 heteroatoms. The highest BCUT2D eigenvalue weighted by Crippen LogP contribution is 2.27. The molecular formula is C20H25N5O2S. The van der Waals surface area contributed by atoms with Gasteiger partial charge in [-0.05, 0) is 63.2 Å². The number of hydrogen-bond donors (Lipinski definition) is 0. The summed E-state index contributed by atoms with van der Waals surface area (Å²) in [6, 6.07) is 9.85. The van der Waals surface area contributed by atoms with E-state index in [9.17, 15) is 4.79 Å². The zero-order valence-corrected chi connectivity index (χ0v) is 17.7. The van der Waals surface area contributed by atoms with Gasteiger partial charge in [0.05, 0.1) is 12.4 Å². The number of carbonyl (C=O) groups excluding carboxylic acids is 1. The van der Waals surface area contributed by atoms with Crippen molar-refractivity contribution in [2.75, 3.05) is 12.4 Å². The number of tetrazole rings is 1. The number of benzene rings is 1. The number of thioether (sulfide) groups is 1. The molecule has 0 saturated carbocycles. The first-order valence-electron chi connectivity index (χ1n) is 9.29. The first-order chi connectivity index (χ1) is 13.4. The lowest BCUT2D eigenvalue weighted by Crippen LogP contribution is -2.09. The van der Waals surface area contributed by atoms with Crippen molar-refractivity contribution in [3.05, 3.63) is 47.3 Å². The molecular weight excluding hydrogens is 374 g/mol. The SMILES string of the molecule is CCOc1ccccc1-n1nnnc1SCC(=O)c1cc(C)n(C(C)C)c1C. The van der Waals surface area contributed by atoms with Gasteiger partial charge < -0.3 is 9.30 Å². The van der Waals surface area contributed by atoms with Crippen LogP contribution < -0.4 is 4.74 Å². The summed E-state index contributed by atoms with van der Waals surface area (Å²) in [5, 5.41) is 12.5. The lowest BCUT2D eigenvalue weighted by molar-refractivity contribution is 0.102. The van der Waals surface area contributed by atoms with Gasteiger partial charge in [0.2, 0.25) is 5.16 Å². The Balaban J connectivity index is 1.80. The Morgan fingerprint density at radius 3 is 2.68 bits per heavy atom. The van der Waals surface area contributed by atoms with Crippen molar-refractivity contribution in [1.29, 1.82) is 0 Å². The Hall–Kier alpha value is -2.61. The molecule has 0 amide bonds. The minimum absolute atomic E-state index is 0.0673. The molecule has 0 atom stereocenters. The highest BCUT2D eigenvalue weighted by molar-refractivity contribution is 7.99. The molecule has 0 spiro atoms. The number of ether oxygens (including phenoxy) is 1. The Morgan fingerprint density at radius 1 is 1.25 bits per heavy atom. The molecule has 0 bridgehead atoms. The fraction of sp³-hybridized carbons (Fsp3) is 0.400. The largest absolute Gasteiger partial charge is 0.492 e. The van der Waals surface area contributed by atoms with Crippen molar-refractivity contribution in [1.82, 2.24) is 24.8 Å². The molecule has 0 unspecified atom stereocenters. The monoisotopic (exact) mass is 399 g/mol. The van der Waals surface area contributed by atoms with E-state index in [1.165, 1.54) is 11.8 Å². The van der Waals surface area contributed by atoms with Crippen LogP contribution in [0.15, 0.2) is 35.5 Å². The van der Waals surface area contributed by atoms with Gasteiger partial charge in [-0.2, -0.15) is 4.68 Å². The maximum atomic E-state index is 12.8. The number of carbonyl (C=O) groups is 1. The Morgan fingerprint density at radius 2 is 2.00 bits per heavy atom.